The van der Waals surface area contributed by atoms with Crippen LogP contribution < -0.4 is 5.32 Å². The smallest absolute Gasteiger partial charge is 0.273 e. The van der Waals surface area contributed by atoms with Gasteiger partial charge in [0, 0.05) is 24.2 Å². The molecule has 5 nitrogen and oxygen atoms in total. The summed E-state index contributed by atoms with van der Waals surface area (Å²) >= 11 is 6.33. The molecule has 0 spiro atoms. The topological polar surface area (TPSA) is 58.4 Å². The van der Waals surface area contributed by atoms with E-state index in [2.05, 4.69) is 15.2 Å². The molecule has 0 saturated heterocycles. The highest BCUT2D eigenvalue weighted by molar-refractivity contribution is 6.31. The van der Waals surface area contributed by atoms with Crippen molar-refractivity contribution < 1.29 is 13.6 Å². The van der Waals surface area contributed by atoms with E-state index in [1.165, 1.54) is 18.4 Å². The minimum Gasteiger partial charge on any atom is -0.447 e. The van der Waals surface area contributed by atoms with Crippen molar-refractivity contribution in [1.29, 1.82) is 0 Å². The molecule has 3 rings (SSSR count). The van der Waals surface area contributed by atoms with E-state index in [-0.39, 0.29) is 23.5 Å². The molecule has 7 heteroatoms. The summed E-state index contributed by atoms with van der Waals surface area (Å²) < 4.78 is 18.8. The number of rotatable bonds is 9. The van der Waals surface area contributed by atoms with Crippen molar-refractivity contribution in [1.82, 2.24) is 15.2 Å². The lowest BCUT2D eigenvalue weighted by Crippen LogP contribution is -2.32. The molecule has 1 atom stereocenters. The molecule has 2 aromatic carbocycles. The van der Waals surface area contributed by atoms with Crippen LogP contribution in [0.5, 0.6) is 0 Å². The van der Waals surface area contributed by atoms with Crippen LogP contribution in [0.15, 0.2) is 59.2 Å². The highest BCUT2D eigenvalue weighted by atomic mass is 35.5. The Morgan fingerprint density at radius 1 is 1.17 bits per heavy atom. The van der Waals surface area contributed by atoms with Gasteiger partial charge in [0.15, 0.2) is 5.69 Å². The highest BCUT2D eigenvalue weighted by Crippen LogP contribution is 2.20. The van der Waals surface area contributed by atoms with Gasteiger partial charge in [-0.05, 0) is 42.7 Å². The van der Waals surface area contributed by atoms with Gasteiger partial charge in [0.2, 0.25) is 5.89 Å². The number of hydrogen-bond acceptors (Lipinski definition) is 4. The number of aromatic nitrogens is 1. The van der Waals surface area contributed by atoms with E-state index < -0.39 is 0 Å². The predicted molar refractivity (Wildman–Crippen MR) is 115 cm³/mol. The van der Waals surface area contributed by atoms with Crippen molar-refractivity contribution in [2.75, 3.05) is 0 Å². The van der Waals surface area contributed by atoms with Crippen LogP contribution in [0.3, 0.4) is 0 Å². The van der Waals surface area contributed by atoms with Crippen molar-refractivity contribution in [3.8, 4) is 0 Å². The van der Waals surface area contributed by atoms with E-state index in [9.17, 15) is 9.18 Å². The van der Waals surface area contributed by atoms with E-state index in [0.717, 1.165) is 17.5 Å². The summed E-state index contributed by atoms with van der Waals surface area (Å²) in [5.41, 5.74) is 2.16. The first-order valence-corrected chi connectivity index (χ1v) is 10.3. The molecule has 1 aromatic heterocycles. The van der Waals surface area contributed by atoms with Crippen molar-refractivity contribution in [2.24, 2.45) is 0 Å². The fraction of sp³-hybridized carbons (Fsp3) is 0.304. The molecule has 0 fully saturated rings. The maximum Gasteiger partial charge on any atom is 0.273 e. The normalized spacial score (nSPS) is 12.2. The Hall–Kier alpha value is -2.70. The Morgan fingerprint density at radius 2 is 1.90 bits per heavy atom. The van der Waals surface area contributed by atoms with Crippen LogP contribution in [0.25, 0.3) is 0 Å². The summed E-state index contributed by atoms with van der Waals surface area (Å²) in [7, 11) is 0. The van der Waals surface area contributed by atoms with E-state index in [1.54, 1.807) is 12.1 Å². The third-order valence-corrected chi connectivity index (χ3v) is 5.17. The van der Waals surface area contributed by atoms with Gasteiger partial charge in [-0.15, -0.1) is 0 Å². The van der Waals surface area contributed by atoms with E-state index >= 15 is 0 Å². The maximum absolute atomic E-state index is 13.3. The van der Waals surface area contributed by atoms with Gasteiger partial charge in [0.05, 0.1) is 6.54 Å². The summed E-state index contributed by atoms with van der Waals surface area (Å²) in [5, 5.41) is 3.55. The van der Waals surface area contributed by atoms with Crippen LogP contribution in [0, 0.1) is 5.82 Å². The average Bonchev–Trinajstić information content (AvgIpc) is 3.20. The van der Waals surface area contributed by atoms with Gasteiger partial charge in [-0.25, -0.2) is 9.37 Å². The van der Waals surface area contributed by atoms with Gasteiger partial charge in [0.1, 0.15) is 12.1 Å². The van der Waals surface area contributed by atoms with Crippen LogP contribution in [-0.4, -0.2) is 21.8 Å². The summed E-state index contributed by atoms with van der Waals surface area (Å²) in [5.74, 6) is -0.102. The molecule has 1 amide bonds. The zero-order valence-electron chi connectivity index (χ0n) is 17.1. The fourth-order valence-electron chi connectivity index (χ4n) is 2.96. The van der Waals surface area contributed by atoms with Gasteiger partial charge >= 0.3 is 0 Å². The Balaban J connectivity index is 1.75. The van der Waals surface area contributed by atoms with Crippen molar-refractivity contribution in [3.63, 3.8) is 0 Å². The second kappa shape index (κ2) is 10.4. The highest BCUT2D eigenvalue weighted by Gasteiger charge is 2.17. The second-order valence-electron chi connectivity index (χ2n) is 7.27. The summed E-state index contributed by atoms with van der Waals surface area (Å²) in [6.07, 6.45) is 2.21. The lowest BCUT2D eigenvalue weighted by Gasteiger charge is -2.21. The quantitative estimate of drug-likeness (QED) is 0.508. The van der Waals surface area contributed by atoms with Gasteiger partial charge in [-0.3, -0.25) is 9.69 Å². The molecule has 1 heterocycles. The molecular weight excluding hydrogens is 405 g/mol. The Bertz CT molecular complexity index is 975. The standard InChI is InChI=1S/C23H25ClFN3O2/c1-3-16(2)26-23(29)21-15-30-22(27-21)14-28(12-17-8-10-19(25)11-9-17)13-18-6-4-5-7-20(18)24/h4-11,15-16H,3,12-14H2,1-2H3,(H,26,29)/t16-/m0/s1. The average molecular weight is 430 g/mol. The molecule has 0 aliphatic rings. The first-order chi connectivity index (χ1) is 14.4. The number of hydrogen-bond donors (Lipinski definition) is 1. The van der Waals surface area contributed by atoms with Crippen molar-refractivity contribution >= 4 is 17.5 Å². The molecule has 0 unspecified atom stereocenters. The molecule has 0 bridgehead atoms. The molecule has 30 heavy (non-hydrogen) atoms. The van der Waals surface area contributed by atoms with E-state index in [0.29, 0.717) is 30.5 Å². The SMILES string of the molecule is CC[C@H](C)NC(=O)c1coc(CN(Cc2ccc(F)cc2)Cc2ccccc2Cl)n1. The summed E-state index contributed by atoms with van der Waals surface area (Å²) in [6, 6.07) is 14.0. The Morgan fingerprint density at radius 3 is 2.60 bits per heavy atom. The third kappa shape index (κ3) is 6.15. The summed E-state index contributed by atoms with van der Waals surface area (Å²) in [6.45, 7) is 5.41. The van der Waals surface area contributed by atoms with Gasteiger partial charge < -0.3 is 9.73 Å². The van der Waals surface area contributed by atoms with Crippen LogP contribution in [-0.2, 0) is 19.6 Å². The molecule has 158 valence electrons. The van der Waals surface area contributed by atoms with Crippen LogP contribution in [0.4, 0.5) is 4.39 Å². The fourth-order valence-corrected chi connectivity index (χ4v) is 3.16. The first-order valence-electron chi connectivity index (χ1n) is 9.90. The third-order valence-electron chi connectivity index (χ3n) is 4.80. The zero-order chi connectivity index (χ0) is 21.5. The minimum atomic E-state index is -0.277. The van der Waals surface area contributed by atoms with Gasteiger partial charge in [0.25, 0.3) is 5.91 Å². The Kier molecular flexibility index (Phi) is 7.60. The van der Waals surface area contributed by atoms with Crippen LogP contribution >= 0.6 is 11.6 Å². The number of halogens is 2. The number of carbonyl (C=O) groups is 1. The molecule has 0 radical (unpaired) electrons. The second-order valence-corrected chi connectivity index (χ2v) is 7.68. The number of amides is 1. The molecule has 0 saturated carbocycles. The first kappa shape index (κ1) is 22.0. The maximum atomic E-state index is 13.3. The lowest BCUT2D eigenvalue weighted by atomic mass is 10.1. The van der Waals surface area contributed by atoms with Gasteiger partial charge in [-0.1, -0.05) is 48.9 Å². The summed E-state index contributed by atoms with van der Waals surface area (Å²) in [4.78, 5) is 18.7. The monoisotopic (exact) mass is 429 g/mol. The number of oxazole rings is 1. The molecule has 1 N–H and O–H groups in total. The molecule has 3 aromatic rings. The molecule has 0 aliphatic carbocycles. The number of carbonyl (C=O) groups excluding carboxylic acids is 1. The molecule has 0 aliphatic heterocycles. The largest absolute Gasteiger partial charge is 0.447 e. The van der Waals surface area contributed by atoms with E-state index in [4.69, 9.17) is 16.0 Å². The number of nitrogens with zero attached hydrogens (tertiary/aromatic N) is 2. The number of nitrogens with one attached hydrogen (secondary N) is 1. The van der Waals surface area contributed by atoms with E-state index in [1.807, 2.05) is 38.1 Å². The lowest BCUT2D eigenvalue weighted by molar-refractivity contribution is 0.0934. The Labute approximate surface area is 180 Å². The zero-order valence-corrected chi connectivity index (χ0v) is 17.8. The van der Waals surface area contributed by atoms with Gasteiger partial charge in [-0.2, -0.15) is 0 Å². The van der Waals surface area contributed by atoms with Crippen LogP contribution in [0.2, 0.25) is 5.02 Å². The van der Waals surface area contributed by atoms with Crippen molar-refractivity contribution in [3.05, 3.63) is 88.3 Å². The van der Waals surface area contributed by atoms with Crippen molar-refractivity contribution in [2.45, 2.75) is 45.9 Å². The minimum absolute atomic E-state index is 0.0628. The molecular formula is C23H25ClFN3O2. The predicted octanol–water partition coefficient (Wildman–Crippen LogP) is 5.20. The van der Waals surface area contributed by atoms with Crippen LogP contribution in [0.1, 0.15) is 47.8 Å². The number of benzene rings is 2.